The molecule has 0 bridgehead atoms. The predicted molar refractivity (Wildman–Crippen MR) is 82.6 cm³/mol. The normalized spacial score (nSPS) is 10.3. The highest BCUT2D eigenvalue weighted by Crippen LogP contribution is 2.17. The first-order valence-corrected chi connectivity index (χ1v) is 6.83. The van der Waals surface area contributed by atoms with Crippen LogP contribution in [-0.2, 0) is 0 Å². The fourth-order valence-corrected chi connectivity index (χ4v) is 2.03. The van der Waals surface area contributed by atoms with Crippen LogP contribution in [0, 0.1) is 20.8 Å². The number of pyridine rings is 1. The summed E-state index contributed by atoms with van der Waals surface area (Å²) in [4.78, 5) is 25.0. The maximum Gasteiger partial charge on any atom is 0.261 e. The van der Waals surface area contributed by atoms with Crippen molar-refractivity contribution in [3.05, 3.63) is 41.0 Å². The molecular formula is C15H19N5O. The molecule has 0 radical (unpaired) electrons. The number of nitrogens with zero attached hydrogens (tertiary/aromatic N) is 3. The van der Waals surface area contributed by atoms with Crippen molar-refractivity contribution in [3.8, 4) is 0 Å². The molecule has 2 aromatic rings. The number of anilines is 2. The van der Waals surface area contributed by atoms with Gasteiger partial charge in [-0.3, -0.25) is 15.1 Å². The summed E-state index contributed by atoms with van der Waals surface area (Å²) in [6.45, 7) is 8.31. The van der Waals surface area contributed by atoms with Crippen molar-refractivity contribution in [2.75, 3.05) is 17.2 Å². The zero-order valence-electron chi connectivity index (χ0n) is 12.7. The third-order valence-electron chi connectivity index (χ3n) is 2.86. The third-order valence-corrected chi connectivity index (χ3v) is 2.86. The van der Waals surface area contributed by atoms with Gasteiger partial charge in [0.1, 0.15) is 0 Å². The van der Waals surface area contributed by atoms with Crippen LogP contribution in [0.4, 0.5) is 11.6 Å². The minimum atomic E-state index is -0.275. The van der Waals surface area contributed by atoms with Crippen molar-refractivity contribution in [1.82, 2.24) is 15.0 Å². The summed E-state index contributed by atoms with van der Waals surface area (Å²) >= 11 is 0. The van der Waals surface area contributed by atoms with Crippen LogP contribution in [-0.4, -0.2) is 27.4 Å². The molecule has 0 unspecified atom stereocenters. The summed E-state index contributed by atoms with van der Waals surface area (Å²) < 4.78 is 0. The van der Waals surface area contributed by atoms with Crippen LogP contribution in [0.5, 0.6) is 0 Å². The van der Waals surface area contributed by atoms with Gasteiger partial charge in [0.05, 0.1) is 11.3 Å². The molecule has 2 N–H and O–H groups in total. The Morgan fingerprint density at radius 2 is 1.76 bits per heavy atom. The molecule has 2 rings (SSSR count). The summed E-state index contributed by atoms with van der Waals surface area (Å²) in [6, 6.07) is 3.70. The first-order valence-electron chi connectivity index (χ1n) is 6.83. The van der Waals surface area contributed by atoms with E-state index in [1.165, 1.54) is 0 Å². The Morgan fingerprint density at radius 1 is 1.10 bits per heavy atom. The van der Waals surface area contributed by atoms with E-state index in [1.807, 2.05) is 39.8 Å². The van der Waals surface area contributed by atoms with Gasteiger partial charge in [0.2, 0.25) is 5.95 Å². The van der Waals surface area contributed by atoms with Gasteiger partial charge in [-0.05, 0) is 39.8 Å². The number of rotatable bonds is 4. The molecule has 0 aliphatic rings. The summed E-state index contributed by atoms with van der Waals surface area (Å²) in [7, 11) is 0. The van der Waals surface area contributed by atoms with Crippen molar-refractivity contribution < 1.29 is 4.79 Å². The zero-order chi connectivity index (χ0) is 15.4. The van der Waals surface area contributed by atoms with Crippen LogP contribution < -0.4 is 10.6 Å². The lowest BCUT2D eigenvalue weighted by Gasteiger charge is -2.11. The smallest absolute Gasteiger partial charge is 0.261 e. The number of aryl methyl sites for hydroxylation is 3. The van der Waals surface area contributed by atoms with Gasteiger partial charge in [-0.25, -0.2) is 9.97 Å². The Balaban J connectivity index is 2.27. The lowest BCUT2D eigenvalue weighted by atomic mass is 10.2. The number of hydrogen-bond acceptors (Lipinski definition) is 5. The molecule has 0 atom stereocenters. The monoisotopic (exact) mass is 285 g/mol. The summed E-state index contributed by atoms with van der Waals surface area (Å²) in [5, 5.41) is 5.88. The van der Waals surface area contributed by atoms with Gasteiger partial charge in [-0.1, -0.05) is 0 Å². The van der Waals surface area contributed by atoms with E-state index in [9.17, 15) is 4.79 Å². The third kappa shape index (κ3) is 3.75. The molecule has 0 fully saturated rings. The maximum atomic E-state index is 12.4. The van der Waals surface area contributed by atoms with E-state index >= 15 is 0 Å². The second kappa shape index (κ2) is 6.30. The number of hydrogen-bond donors (Lipinski definition) is 2. The molecule has 2 heterocycles. The fraction of sp³-hybridized carbons (Fsp3) is 0.333. The second-order valence-corrected chi connectivity index (χ2v) is 4.83. The average molecular weight is 285 g/mol. The van der Waals surface area contributed by atoms with Gasteiger partial charge in [0, 0.05) is 29.8 Å². The van der Waals surface area contributed by atoms with Gasteiger partial charge in [0.15, 0.2) is 0 Å². The predicted octanol–water partition coefficient (Wildman–Crippen LogP) is 2.48. The first kappa shape index (κ1) is 14.9. The van der Waals surface area contributed by atoms with E-state index in [0.29, 0.717) is 11.5 Å². The Labute approximate surface area is 124 Å². The van der Waals surface area contributed by atoms with Crippen LogP contribution in [0.2, 0.25) is 0 Å². The highest BCUT2D eigenvalue weighted by atomic mass is 16.1. The number of carbonyl (C=O) groups excluding carboxylic acids is 1. The fourth-order valence-electron chi connectivity index (χ4n) is 2.03. The van der Waals surface area contributed by atoms with E-state index in [2.05, 4.69) is 25.6 Å². The van der Waals surface area contributed by atoms with E-state index < -0.39 is 0 Å². The van der Waals surface area contributed by atoms with Gasteiger partial charge in [0.25, 0.3) is 5.91 Å². The summed E-state index contributed by atoms with van der Waals surface area (Å²) in [5.74, 6) is 0.0315. The molecule has 6 heteroatoms. The van der Waals surface area contributed by atoms with E-state index in [-0.39, 0.29) is 5.91 Å². The molecular weight excluding hydrogens is 266 g/mol. The Morgan fingerprint density at radius 3 is 2.38 bits per heavy atom. The highest BCUT2D eigenvalue weighted by Gasteiger charge is 2.14. The molecule has 110 valence electrons. The molecule has 0 aliphatic carbocycles. The minimum Gasteiger partial charge on any atom is -0.385 e. The van der Waals surface area contributed by atoms with E-state index in [0.717, 1.165) is 29.3 Å². The highest BCUT2D eigenvalue weighted by molar-refractivity contribution is 6.07. The summed E-state index contributed by atoms with van der Waals surface area (Å²) in [6.07, 6.45) is 1.56. The largest absolute Gasteiger partial charge is 0.385 e. The lowest BCUT2D eigenvalue weighted by Crippen LogP contribution is -2.17. The van der Waals surface area contributed by atoms with E-state index in [4.69, 9.17) is 0 Å². The number of nitrogens with one attached hydrogen (secondary N) is 2. The Bertz CT molecular complexity index is 649. The van der Waals surface area contributed by atoms with Crippen molar-refractivity contribution in [3.63, 3.8) is 0 Å². The minimum absolute atomic E-state index is 0.275. The second-order valence-electron chi connectivity index (χ2n) is 4.83. The number of aromatic nitrogens is 3. The SMILES string of the molecule is CCNc1cc(C)ncc1C(=O)Nc1nc(C)cc(C)n1. The molecule has 2 aromatic heterocycles. The van der Waals surface area contributed by atoms with Gasteiger partial charge < -0.3 is 5.32 Å². The van der Waals surface area contributed by atoms with Crippen LogP contribution in [0.3, 0.4) is 0 Å². The molecule has 21 heavy (non-hydrogen) atoms. The van der Waals surface area contributed by atoms with Crippen molar-refractivity contribution in [1.29, 1.82) is 0 Å². The van der Waals surface area contributed by atoms with E-state index in [1.54, 1.807) is 6.20 Å². The molecule has 0 aromatic carbocycles. The molecule has 1 amide bonds. The lowest BCUT2D eigenvalue weighted by molar-refractivity contribution is 0.102. The quantitative estimate of drug-likeness (QED) is 0.902. The van der Waals surface area contributed by atoms with Gasteiger partial charge in [-0.2, -0.15) is 0 Å². The maximum absolute atomic E-state index is 12.4. The topological polar surface area (TPSA) is 79.8 Å². The van der Waals surface area contributed by atoms with Crippen molar-refractivity contribution >= 4 is 17.5 Å². The molecule has 0 spiro atoms. The molecule has 6 nitrogen and oxygen atoms in total. The Kier molecular flexibility index (Phi) is 4.47. The Hall–Kier alpha value is -2.50. The molecule has 0 saturated carbocycles. The van der Waals surface area contributed by atoms with Gasteiger partial charge in [-0.15, -0.1) is 0 Å². The standard InChI is InChI=1S/C15H19N5O/c1-5-16-13-7-9(2)17-8-12(13)14(21)20-15-18-10(3)6-11(4)19-15/h6-8H,5H2,1-4H3,(H,16,17)(H,18,19,20,21). The van der Waals surface area contributed by atoms with Crippen LogP contribution in [0.15, 0.2) is 18.3 Å². The van der Waals surface area contributed by atoms with Gasteiger partial charge >= 0.3 is 0 Å². The van der Waals surface area contributed by atoms with Crippen LogP contribution in [0.25, 0.3) is 0 Å². The molecule has 0 aliphatic heterocycles. The van der Waals surface area contributed by atoms with Crippen LogP contribution in [0.1, 0.15) is 34.4 Å². The van der Waals surface area contributed by atoms with Crippen molar-refractivity contribution in [2.24, 2.45) is 0 Å². The van der Waals surface area contributed by atoms with Crippen molar-refractivity contribution in [2.45, 2.75) is 27.7 Å². The zero-order valence-corrected chi connectivity index (χ0v) is 12.7. The number of amides is 1. The van der Waals surface area contributed by atoms with Crippen LogP contribution >= 0.6 is 0 Å². The average Bonchev–Trinajstić information content (AvgIpc) is 2.37. The first-order chi connectivity index (χ1) is 9.99. The molecule has 0 saturated heterocycles. The number of carbonyl (C=O) groups is 1. The summed E-state index contributed by atoms with van der Waals surface area (Å²) in [5.41, 5.74) is 3.71.